The van der Waals surface area contributed by atoms with Crippen molar-refractivity contribution in [2.45, 2.75) is 51.3 Å². The maximum atomic E-state index is 13.4. The lowest BCUT2D eigenvalue weighted by Gasteiger charge is -2.39. The summed E-state index contributed by atoms with van der Waals surface area (Å²) in [5.74, 6) is 3.76. The number of likely N-dealkylation sites (tertiary alicyclic amines) is 1. The first kappa shape index (κ1) is 23.7. The van der Waals surface area contributed by atoms with E-state index < -0.39 is 41.4 Å². The second-order valence-corrected chi connectivity index (χ2v) is 8.27. The predicted octanol–water partition coefficient (Wildman–Crippen LogP) is 1.73. The molecule has 2 atom stereocenters. The van der Waals surface area contributed by atoms with Crippen LogP contribution in [0.5, 0.6) is 5.75 Å². The Morgan fingerprint density at radius 2 is 2.00 bits per heavy atom. The third-order valence-corrected chi connectivity index (χ3v) is 4.59. The molecule has 0 unspecified atom stereocenters. The van der Waals surface area contributed by atoms with Gasteiger partial charge in [-0.15, -0.1) is 0 Å². The Balaban J connectivity index is 1.96. The number of hydrazine groups is 1. The van der Waals surface area contributed by atoms with E-state index in [9.17, 15) is 18.8 Å². The summed E-state index contributed by atoms with van der Waals surface area (Å²) in [6.07, 6.45) is 0.0535. The first-order valence-electron chi connectivity index (χ1n) is 9.37. The van der Waals surface area contributed by atoms with Crippen molar-refractivity contribution in [3.05, 3.63) is 29.0 Å². The SMILES string of the molecule is CC(C)(C)OC(=O)N1C[C@H](NC(=O)COc2ccc(Cl)c(F)c2)CC[C@H]1C(=O)NN. The highest BCUT2D eigenvalue weighted by atomic mass is 35.5. The maximum Gasteiger partial charge on any atom is 0.411 e. The lowest BCUT2D eigenvalue weighted by atomic mass is 9.98. The number of halogens is 2. The second-order valence-electron chi connectivity index (χ2n) is 7.86. The van der Waals surface area contributed by atoms with Crippen LogP contribution in [0, 0.1) is 5.82 Å². The molecule has 1 aliphatic rings. The number of piperidine rings is 1. The molecule has 166 valence electrons. The summed E-state index contributed by atoms with van der Waals surface area (Å²) in [7, 11) is 0. The van der Waals surface area contributed by atoms with E-state index >= 15 is 0 Å². The van der Waals surface area contributed by atoms with E-state index in [0.717, 1.165) is 6.07 Å². The first-order chi connectivity index (χ1) is 14.0. The Labute approximate surface area is 179 Å². The van der Waals surface area contributed by atoms with Crippen molar-refractivity contribution in [1.29, 1.82) is 0 Å². The summed E-state index contributed by atoms with van der Waals surface area (Å²) in [5.41, 5.74) is 1.30. The average Bonchev–Trinajstić information content (AvgIpc) is 2.67. The number of hydrogen-bond acceptors (Lipinski definition) is 6. The van der Waals surface area contributed by atoms with E-state index in [1.165, 1.54) is 17.0 Å². The van der Waals surface area contributed by atoms with E-state index in [-0.39, 0.29) is 30.3 Å². The van der Waals surface area contributed by atoms with Crippen molar-refractivity contribution in [2.75, 3.05) is 13.2 Å². The van der Waals surface area contributed by atoms with E-state index in [2.05, 4.69) is 5.32 Å². The molecule has 0 aromatic heterocycles. The zero-order valence-corrected chi connectivity index (χ0v) is 17.8. The molecule has 3 amide bonds. The number of nitrogens with one attached hydrogen (secondary N) is 2. The minimum absolute atomic E-state index is 0.0488. The van der Waals surface area contributed by atoms with E-state index in [0.29, 0.717) is 6.42 Å². The van der Waals surface area contributed by atoms with Crippen LogP contribution >= 0.6 is 11.6 Å². The van der Waals surface area contributed by atoms with Gasteiger partial charge in [-0.2, -0.15) is 0 Å². The van der Waals surface area contributed by atoms with Crippen LogP contribution in [-0.2, 0) is 14.3 Å². The van der Waals surface area contributed by atoms with Gasteiger partial charge in [0, 0.05) is 18.7 Å². The van der Waals surface area contributed by atoms with Crippen LogP contribution in [0.15, 0.2) is 18.2 Å². The molecule has 1 aromatic carbocycles. The third kappa shape index (κ3) is 6.74. The van der Waals surface area contributed by atoms with Crippen molar-refractivity contribution in [2.24, 2.45) is 5.84 Å². The van der Waals surface area contributed by atoms with Crippen LogP contribution in [0.25, 0.3) is 0 Å². The van der Waals surface area contributed by atoms with Crippen LogP contribution in [-0.4, -0.2) is 53.6 Å². The van der Waals surface area contributed by atoms with Crippen LogP contribution in [0.4, 0.5) is 9.18 Å². The lowest BCUT2D eigenvalue weighted by molar-refractivity contribution is -0.128. The number of ether oxygens (including phenoxy) is 2. The Bertz CT molecular complexity index is 802. The van der Waals surface area contributed by atoms with Crippen molar-refractivity contribution < 1.29 is 28.2 Å². The van der Waals surface area contributed by atoms with Gasteiger partial charge in [0.2, 0.25) is 0 Å². The molecule has 1 fully saturated rings. The van der Waals surface area contributed by atoms with Gasteiger partial charge in [0.25, 0.3) is 11.8 Å². The molecule has 1 saturated heterocycles. The monoisotopic (exact) mass is 444 g/mol. The predicted molar refractivity (Wildman–Crippen MR) is 107 cm³/mol. The van der Waals surface area contributed by atoms with Gasteiger partial charge in [0.05, 0.1) is 5.02 Å². The van der Waals surface area contributed by atoms with Gasteiger partial charge >= 0.3 is 6.09 Å². The van der Waals surface area contributed by atoms with Crippen molar-refractivity contribution in [1.82, 2.24) is 15.6 Å². The fourth-order valence-corrected chi connectivity index (χ4v) is 3.08. The summed E-state index contributed by atoms with van der Waals surface area (Å²) in [6, 6.07) is 2.63. The minimum Gasteiger partial charge on any atom is -0.484 e. The first-order valence-corrected chi connectivity index (χ1v) is 9.75. The smallest absolute Gasteiger partial charge is 0.411 e. The number of benzene rings is 1. The van der Waals surface area contributed by atoms with E-state index in [1.54, 1.807) is 20.8 Å². The van der Waals surface area contributed by atoms with Gasteiger partial charge in [-0.3, -0.25) is 19.9 Å². The normalized spacial score (nSPS) is 19.1. The molecule has 11 heteroatoms. The molecule has 0 saturated carbocycles. The van der Waals surface area contributed by atoms with E-state index in [1.807, 2.05) is 5.43 Å². The number of nitrogens with two attached hydrogens (primary N) is 1. The highest BCUT2D eigenvalue weighted by Gasteiger charge is 2.38. The fraction of sp³-hybridized carbons (Fsp3) is 0.526. The average molecular weight is 445 g/mol. The Hall–Kier alpha value is -2.59. The summed E-state index contributed by atoms with van der Waals surface area (Å²) in [4.78, 5) is 38.1. The molecular weight excluding hydrogens is 419 g/mol. The van der Waals surface area contributed by atoms with Crippen molar-refractivity contribution >= 4 is 29.5 Å². The Kier molecular flexibility index (Phi) is 7.85. The summed E-state index contributed by atoms with van der Waals surface area (Å²) in [5, 5.41) is 2.70. The zero-order chi connectivity index (χ0) is 22.5. The van der Waals surface area contributed by atoms with Gasteiger partial charge in [0.1, 0.15) is 23.2 Å². The molecular formula is C19H26ClFN4O5. The molecule has 1 heterocycles. The minimum atomic E-state index is -0.800. The van der Waals surface area contributed by atoms with Crippen LogP contribution in [0.3, 0.4) is 0 Å². The quantitative estimate of drug-likeness (QED) is 0.361. The van der Waals surface area contributed by atoms with Crippen LogP contribution in [0.1, 0.15) is 33.6 Å². The summed E-state index contributed by atoms with van der Waals surface area (Å²) >= 11 is 5.61. The third-order valence-electron chi connectivity index (χ3n) is 4.28. The summed E-state index contributed by atoms with van der Waals surface area (Å²) in [6.45, 7) is 4.85. The molecule has 2 rings (SSSR count). The number of rotatable bonds is 5. The molecule has 9 nitrogen and oxygen atoms in total. The molecule has 0 radical (unpaired) electrons. The maximum absolute atomic E-state index is 13.4. The van der Waals surface area contributed by atoms with Gasteiger partial charge < -0.3 is 14.8 Å². The number of carbonyl (C=O) groups excluding carboxylic acids is 3. The Morgan fingerprint density at radius 3 is 2.60 bits per heavy atom. The highest BCUT2D eigenvalue weighted by molar-refractivity contribution is 6.30. The molecule has 4 N–H and O–H groups in total. The molecule has 1 aliphatic heterocycles. The van der Waals surface area contributed by atoms with Gasteiger partial charge in [-0.05, 0) is 45.7 Å². The molecule has 30 heavy (non-hydrogen) atoms. The molecule has 1 aromatic rings. The lowest BCUT2D eigenvalue weighted by Crippen LogP contribution is -2.60. The van der Waals surface area contributed by atoms with Gasteiger partial charge in [-0.1, -0.05) is 11.6 Å². The van der Waals surface area contributed by atoms with Crippen LogP contribution < -0.4 is 21.3 Å². The second kappa shape index (κ2) is 9.94. The zero-order valence-electron chi connectivity index (χ0n) is 17.0. The number of carbonyl (C=O) groups is 3. The highest BCUT2D eigenvalue weighted by Crippen LogP contribution is 2.22. The standard InChI is InChI=1S/C19H26ClFN4O5/c1-19(2,3)30-18(28)25-9-11(4-7-15(25)17(27)24-22)23-16(26)10-29-12-5-6-13(20)14(21)8-12/h5-6,8,11,15H,4,7,9-10,22H2,1-3H3,(H,23,26)(H,24,27)/t11-,15+/m1/s1. The van der Waals surface area contributed by atoms with Crippen LogP contribution in [0.2, 0.25) is 5.02 Å². The molecule has 0 spiro atoms. The number of hydrogen-bond donors (Lipinski definition) is 3. The van der Waals surface area contributed by atoms with Crippen molar-refractivity contribution in [3.63, 3.8) is 0 Å². The van der Waals surface area contributed by atoms with E-state index in [4.69, 9.17) is 26.9 Å². The molecule has 0 aliphatic carbocycles. The van der Waals surface area contributed by atoms with Gasteiger partial charge in [0.15, 0.2) is 6.61 Å². The molecule has 0 bridgehead atoms. The topological polar surface area (TPSA) is 123 Å². The fourth-order valence-electron chi connectivity index (χ4n) is 2.96. The largest absolute Gasteiger partial charge is 0.484 e. The number of amides is 3. The Morgan fingerprint density at radius 1 is 1.30 bits per heavy atom. The van der Waals surface area contributed by atoms with Crippen molar-refractivity contribution in [3.8, 4) is 5.75 Å². The van der Waals surface area contributed by atoms with Gasteiger partial charge in [-0.25, -0.2) is 15.0 Å². The summed E-state index contributed by atoms with van der Waals surface area (Å²) < 4.78 is 24.1. The number of nitrogens with zero attached hydrogens (tertiary/aromatic N) is 1.